The highest BCUT2D eigenvalue weighted by Crippen LogP contribution is 2.19. The third-order valence-electron chi connectivity index (χ3n) is 4.77. The molecule has 1 heterocycles. The fourth-order valence-electron chi connectivity index (χ4n) is 3.32. The Bertz CT molecular complexity index is 635. The lowest BCUT2D eigenvalue weighted by Gasteiger charge is -2.25. The molecule has 0 spiro atoms. The quantitative estimate of drug-likeness (QED) is 0.664. The van der Waals surface area contributed by atoms with Gasteiger partial charge in [-0.1, -0.05) is 30.3 Å². The summed E-state index contributed by atoms with van der Waals surface area (Å²) in [6.45, 7) is 7.45. The van der Waals surface area contributed by atoms with Crippen LogP contribution in [0.2, 0.25) is 0 Å². The number of nitrogens with one attached hydrogen (secondary N) is 2. The second kappa shape index (κ2) is 10.7. The maximum atomic E-state index is 12.4. The molecule has 3 amide bonds. The topological polar surface area (TPSA) is 81.8 Å². The number of carbonyl (C=O) groups excluding carboxylic acids is 3. The van der Waals surface area contributed by atoms with Crippen molar-refractivity contribution in [3.8, 4) is 0 Å². The number of benzene rings is 1. The molecule has 148 valence electrons. The summed E-state index contributed by atoms with van der Waals surface area (Å²) >= 11 is 0. The molecular formula is C20H30N4O3. The minimum Gasteiger partial charge on any atom is -0.347 e. The zero-order valence-corrected chi connectivity index (χ0v) is 16.2. The average molecular weight is 374 g/mol. The van der Waals surface area contributed by atoms with Crippen molar-refractivity contribution in [2.45, 2.75) is 26.8 Å². The largest absolute Gasteiger partial charge is 0.347 e. The molecule has 0 aliphatic carbocycles. The molecule has 7 nitrogen and oxygen atoms in total. The van der Waals surface area contributed by atoms with E-state index in [-0.39, 0.29) is 30.8 Å². The molecule has 1 fully saturated rings. The Hall–Kier alpha value is -2.41. The fourth-order valence-corrected chi connectivity index (χ4v) is 3.32. The molecule has 1 unspecified atom stereocenters. The molecule has 7 heteroatoms. The molecule has 1 aliphatic heterocycles. The summed E-state index contributed by atoms with van der Waals surface area (Å²) in [5.41, 5.74) is 1.31. The molecule has 1 atom stereocenters. The maximum absolute atomic E-state index is 12.4. The number of hydrogen-bond donors (Lipinski definition) is 2. The van der Waals surface area contributed by atoms with E-state index in [4.69, 9.17) is 0 Å². The Morgan fingerprint density at radius 2 is 1.89 bits per heavy atom. The molecule has 1 aliphatic rings. The summed E-state index contributed by atoms with van der Waals surface area (Å²) in [5.74, 6) is -0.264. The van der Waals surface area contributed by atoms with Crippen molar-refractivity contribution in [3.05, 3.63) is 35.9 Å². The van der Waals surface area contributed by atoms with Gasteiger partial charge in [-0.25, -0.2) is 0 Å². The summed E-state index contributed by atoms with van der Waals surface area (Å²) in [6, 6.07) is 10.4. The van der Waals surface area contributed by atoms with Gasteiger partial charge in [0.25, 0.3) is 0 Å². The molecule has 1 saturated heterocycles. The molecule has 0 saturated carbocycles. The van der Waals surface area contributed by atoms with Crippen molar-refractivity contribution in [1.82, 2.24) is 20.4 Å². The minimum absolute atomic E-state index is 0.0350. The lowest BCUT2D eigenvalue weighted by atomic mass is 10.1. The summed E-state index contributed by atoms with van der Waals surface area (Å²) in [4.78, 5) is 39.0. The van der Waals surface area contributed by atoms with Crippen LogP contribution in [0.5, 0.6) is 0 Å². The van der Waals surface area contributed by atoms with Crippen LogP contribution in [0.4, 0.5) is 0 Å². The van der Waals surface area contributed by atoms with Crippen LogP contribution in [0.3, 0.4) is 0 Å². The molecule has 27 heavy (non-hydrogen) atoms. The number of likely N-dealkylation sites (N-methyl/N-ethyl adjacent to an activating group) is 1. The number of amides is 3. The van der Waals surface area contributed by atoms with Gasteiger partial charge in [0, 0.05) is 33.1 Å². The van der Waals surface area contributed by atoms with Crippen LogP contribution >= 0.6 is 0 Å². The van der Waals surface area contributed by atoms with Gasteiger partial charge >= 0.3 is 0 Å². The predicted octanol–water partition coefficient (Wildman–Crippen LogP) is 0.609. The molecule has 0 radical (unpaired) electrons. The van der Waals surface area contributed by atoms with Crippen LogP contribution < -0.4 is 10.6 Å². The standard InChI is InChI=1S/C20H30N4O3/c1-3-24(20(27)12-22-19(26)11-21-16(2)25)15-18-9-10-23(14-18)13-17-7-5-4-6-8-17/h4-8,18H,3,9-15H2,1-2H3,(H,21,25)(H,22,26). The second-order valence-corrected chi connectivity index (χ2v) is 6.99. The molecule has 1 aromatic carbocycles. The lowest BCUT2D eigenvalue weighted by molar-refractivity contribution is -0.133. The van der Waals surface area contributed by atoms with Gasteiger partial charge in [-0.3, -0.25) is 19.3 Å². The first-order valence-electron chi connectivity index (χ1n) is 9.53. The lowest BCUT2D eigenvalue weighted by Crippen LogP contribution is -2.44. The van der Waals surface area contributed by atoms with Crippen molar-refractivity contribution in [1.29, 1.82) is 0 Å². The zero-order valence-electron chi connectivity index (χ0n) is 16.2. The van der Waals surface area contributed by atoms with Crippen LogP contribution in [0.1, 0.15) is 25.8 Å². The third kappa shape index (κ3) is 7.38. The Morgan fingerprint density at radius 3 is 2.56 bits per heavy atom. The van der Waals surface area contributed by atoms with Crippen LogP contribution in [0, 0.1) is 5.92 Å². The predicted molar refractivity (Wildman–Crippen MR) is 104 cm³/mol. The summed E-state index contributed by atoms with van der Waals surface area (Å²) < 4.78 is 0. The smallest absolute Gasteiger partial charge is 0.241 e. The van der Waals surface area contributed by atoms with Crippen molar-refractivity contribution in [2.75, 3.05) is 39.3 Å². The number of rotatable bonds is 9. The highest BCUT2D eigenvalue weighted by atomic mass is 16.2. The Morgan fingerprint density at radius 1 is 1.15 bits per heavy atom. The highest BCUT2D eigenvalue weighted by molar-refractivity contribution is 5.87. The monoisotopic (exact) mass is 374 g/mol. The van der Waals surface area contributed by atoms with E-state index in [1.54, 1.807) is 4.90 Å². The van der Waals surface area contributed by atoms with Crippen LogP contribution in [0.25, 0.3) is 0 Å². The summed E-state index contributed by atoms with van der Waals surface area (Å²) in [6.07, 6.45) is 1.07. The van der Waals surface area contributed by atoms with Crippen LogP contribution in [-0.2, 0) is 20.9 Å². The normalized spacial score (nSPS) is 16.7. The molecule has 1 aromatic rings. The van der Waals surface area contributed by atoms with Crippen LogP contribution in [0.15, 0.2) is 30.3 Å². The first-order valence-corrected chi connectivity index (χ1v) is 9.53. The van der Waals surface area contributed by atoms with Crippen molar-refractivity contribution in [3.63, 3.8) is 0 Å². The van der Waals surface area contributed by atoms with E-state index in [9.17, 15) is 14.4 Å². The van der Waals surface area contributed by atoms with Gasteiger partial charge in [0.15, 0.2) is 0 Å². The van der Waals surface area contributed by atoms with Gasteiger partial charge in [0.2, 0.25) is 17.7 Å². The van der Waals surface area contributed by atoms with E-state index in [1.165, 1.54) is 12.5 Å². The van der Waals surface area contributed by atoms with Gasteiger partial charge in [0.05, 0.1) is 13.1 Å². The number of carbonyl (C=O) groups is 3. The molecule has 0 bridgehead atoms. The Balaban J connectivity index is 1.73. The van der Waals surface area contributed by atoms with Gasteiger partial charge in [-0.05, 0) is 31.4 Å². The van der Waals surface area contributed by atoms with E-state index in [0.29, 0.717) is 19.0 Å². The first kappa shape index (κ1) is 20.9. The number of hydrogen-bond acceptors (Lipinski definition) is 4. The van der Waals surface area contributed by atoms with Gasteiger partial charge in [-0.2, -0.15) is 0 Å². The van der Waals surface area contributed by atoms with Gasteiger partial charge in [-0.15, -0.1) is 0 Å². The maximum Gasteiger partial charge on any atom is 0.241 e. The zero-order chi connectivity index (χ0) is 19.6. The molecule has 2 N–H and O–H groups in total. The van der Waals surface area contributed by atoms with E-state index in [0.717, 1.165) is 26.1 Å². The Kier molecular flexibility index (Phi) is 8.26. The molecule has 0 aromatic heterocycles. The fraction of sp³-hybridized carbons (Fsp3) is 0.550. The summed E-state index contributed by atoms with van der Waals surface area (Å²) in [5, 5.41) is 4.98. The van der Waals surface area contributed by atoms with Crippen molar-refractivity contribution >= 4 is 17.7 Å². The highest BCUT2D eigenvalue weighted by Gasteiger charge is 2.25. The van der Waals surface area contributed by atoms with Gasteiger partial charge in [0.1, 0.15) is 0 Å². The Labute approximate surface area is 161 Å². The summed E-state index contributed by atoms with van der Waals surface area (Å²) in [7, 11) is 0. The van der Waals surface area contributed by atoms with E-state index < -0.39 is 0 Å². The average Bonchev–Trinajstić information content (AvgIpc) is 3.10. The third-order valence-corrected chi connectivity index (χ3v) is 4.77. The van der Waals surface area contributed by atoms with Crippen molar-refractivity contribution < 1.29 is 14.4 Å². The van der Waals surface area contributed by atoms with E-state index in [1.807, 2.05) is 13.0 Å². The van der Waals surface area contributed by atoms with E-state index in [2.05, 4.69) is 39.8 Å². The van der Waals surface area contributed by atoms with Gasteiger partial charge < -0.3 is 15.5 Å². The molecule has 2 rings (SSSR count). The SMILES string of the molecule is CCN(CC1CCN(Cc2ccccc2)C1)C(=O)CNC(=O)CNC(C)=O. The minimum atomic E-state index is -0.357. The van der Waals surface area contributed by atoms with E-state index >= 15 is 0 Å². The number of likely N-dealkylation sites (tertiary alicyclic amines) is 1. The van der Waals surface area contributed by atoms with Crippen LogP contribution in [-0.4, -0.2) is 66.8 Å². The number of nitrogens with zero attached hydrogens (tertiary/aromatic N) is 2. The second-order valence-electron chi connectivity index (χ2n) is 6.99. The first-order chi connectivity index (χ1) is 13.0. The van der Waals surface area contributed by atoms with Crippen molar-refractivity contribution in [2.24, 2.45) is 5.92 Å². The molecular weight excluding hydrogens is 344 g/mol.